The van der Waals surface area contributed by atoms with E-state index in [9.17, 15) is 14.7 Å². The number of amides is 2. The van der Waals surface area contributed by atoms with Crippen LogP contribution in [0.3, 0.4) is 0 Å². The molecule has 0 aromatic carbocycles. The van der Waals surface area contributed by atoms with Crippen LogP contribution < -0.4 is 5.32 Å². The van der Waals surface area contributed by atoms with Crippen molar-refractivity contribution in [3.05, 3.63) is 0 Å². The highest BCUT2D eigenvalue weighted by Crippen LogP contribution is 2.28. The van der Waals surface area contributed by atoms with Gasteiger partial charge in [-0.2, -0.15) is 0 Å². The summed E-state index contributed by atoms with van der Waals surface area (Å²) in [5.41, 5.74) is 0. The predicted octanol–water partition coefficient (Wildman–Crippen LogP) is 3.14. The summed E-state index contributed by atoms with van der Waals surface area (Å²) in [6.45, 7) is 1.32. The molecule has 0 radical (unpaired) electrons. The predicted molar refractivity (Wildman–Crippen MR) is 96.4 cm³/mol. The van der Waals surface area contributed by atoms with Crippen LogP contribution in [0.15, 0.2) is 0 Å². The highest BCUT2D eigenvalue weighted by atomic mass is 16.4. The minimum absolute atomic E-state index is 0.00767. The van der Waals surface area contributed by atoms with E-state index >= 15 is 0 Å². The molecule has 1 aliphatic carbocycles. The highest BCUT2D eigenvalue weighted by Gasteiger charge is 2.31. The average molecular weight is 354 g/mol. The fraction of sp³-hybridized carbons (Fsp3) is 0.895. The van der Waals surface area contributed by atoms with Crippen molar-refractivity contribution >= 4 is 12.0 Å². The lowest BCUT2D eigenvalue weighted by atomic mass is 9.84. The first kappa shape index (κ1) is 20.0. The Morgan fingerprint density at radius 1 is 1.16 bits per heavy atom. The van der Waals surface area contributed by atoms with E-state index in [1.807, 2.05) is 4.90 Å². The van der Waals surface area contributed by atoms with Crippen LogP contribution in [0.25, 0.3) is 0 Å². The minimum Gasteiger partial charge on any atom is -0.481 e. The van der Waals surface area contributed by atoms with Crippen LogP contribution in [0.2, 0.25) is 0 Å². The van der Waals surface area contributed by atoms with Crippen LogP contribution in [0.1, 0.15) is 77.0 Å². The van der Waals surface area contributed by atoms with Crippen LogP contribution >= 0.6 is 0 Å². The first-order valence-electron chi connectivity index (χ1n) is 10.0. The second-order valence-corrected chi connectivity index (χ2v) is 7.63. The van der Waals surface area contributed by atoms with E-state index < -0.39 is 5.97 Å². The van der Waals surface area contributed by atoms with Gasteiger partial charge in [-0.3, -0.25) is 4.79 Å². The summed E-state index contributed by atoms with van der Waals surface area (Å²) in [6, 6.07) is 0.206. The Labute approximate surface area is 151 Å². The Kier molecular flexibility index (Phi) is 8.52. The lowest BCUT2D eigenvalue weighted by molar-refractivity contribution is -0.137. The number of hydrogen-bond donors (Lipinski definition) is 3. The van der Waals surface area contributed by atoms with E-state index in [0.29, 0.717) is 25.4 Å². The number of aliphatic carboxylic acids is 1. The molecule has 2 atom stereocenters. The number of nitrogens with zero attached hydrogens (tertiary/aromatic N) is 1. The first-order chi connectivity index (χ1) is 12.1. The van der Waals surface area contributed by atoms with Crippen LogP contribution in [0.4, 0.5) is 4.79 Å². The molecular formula is C19H34N2O4. The SMILES string of the molecule is O=C(O)CCCCCCC1CNC(=O)N1CCC(O)C1CCCCC1. The van der Waals surface area contributed by atoms with E-state index in [2.05, 4.69) is 5.32 Å². The maximum Gasteiger partial charge on any atom is 0.317 e. The molecule has 0 aromatic heterocycles. The molecular weight excluding hydrogens is 320 g/mol. The van der Waals surface area contributed by atoms with Gasteiger partial charge in [-0.1, -0.05) is 38.5 Å². The Morgan fingerprint density at radius 2 is 1.88 bits per heavy atom. The molecule has 2 aliphatic rings. The van der Waals surface area contributed by atoms with Crippen molar-refractivity contribution in [1.29, 1.82) is 0 Å². The average Bonchev–Trinajstić information content (AvgIpc) is 2.96. The fourth-order valence-corrected chi connectivity index (χ4v) is 4.16. The molecule has 144 valence electrons. The molecule has 2 unspecified atom stereocenters. The standard InChI is InChI=1S/C19H34N2O4/c22-17(15-8-4-3-5-9-15)12-13-21-16(14-20-19(21)25)10-6-1-2-7-11-18(23)24/h15-17,22H,1-14H2,(H,20,25)(H,23,24). The third-order valence-corrected chi connectivity index (χ3v) is 5.73. The Morgan fingerprint density at radius 3 is 2.60 bits per heavy atom. The summed E-state index contributed by atoms with van der Waals surface area (Å²) in [5, 5.41) is 22.0. The third kappa shape index (κ3) is 6.84. The van der Waals surface area contributed by atoms with E-state index in [1.54, 1.807) is 0 Å². The van der Waals surface area contributed by atoms with Gasteiger partial charge in [0.25, 0.3) is 0 Å². The zero-order chi connectivity index (χ0) is 18.1. The summed E-state index contributed by atoms with van der Waals surface area (Å²) in [5.74, 6) is -0.319. The molecule has 1 saturated carbocycles. The van der Waals surface area contributed by atoms with Gasteiger partial charge in [-0.15, -0.1) is 0 Å². The van der Waals surface area contributed by atoms with Crippen LogP contribution in [-0.2, 0) is 4.79 Å². The molecule has 2 amide bonds. The fourth-order valence-electron chi connectivity index (χ4n) is 4.16. The number of rotatable bonds is 11. The summed E-state index contributed by atoms with van der Waals surface area (Å²) in [7, 11) is 0. The molecule has 2 rings (SSSR count). The second-order valence-electron chi connectivity index (χ2n) is 7.63. The van der Waals surface area contributed by atoms with Crippen molar-refractivity contribution in [2.24, 2.45) is 5.92 Å². The number of carbonyl (C=O) groups excluding carboxylic acids is 1. The van der Waals surface area contributed by atoms with Crippen LogP contribution in [-0.4, -0.2) is 52.3 Å². The summed E-state index contributed by atoms with van der Waals surface area (Å²) in [4.78, 5) is 24.4. The lowest BCUT2D eigenvalue weighted by Crippen LogP contribution is -2.37. The first-order valence-corrected chi connectivity index (χ1v) is 10.0. The minimum atomic E-state index is -0.728. The second kappa shape index (κ2) is 10.6. The Hall–Kier alpha value is -1.30. The van der Waals surface area contributed by atoms with Gasteiger partial charge < -0.3 is 20.4 Å². The quantitative estimate of drug-likeness (QED) is 0.497. The molecule has 6 nitrogen and oxygen atoms in total. The topological polar surface area (TPSA) is 89.9 Å². The van der Waals surface area contributed by atoms with Crippen molar-refractivity contribution in [3.63, 3.8) is 0 Å². The summed E-state index contributed by atoms with van der Waals surface area (Å²) < 4.78 is 0. The maximum atomic E-state index is 12.1. The number of aliphatic hydroxyl groups is 1. The van der Waals surface area contributed by atoms with Crippen LogP contribution in [0, 0.1) is 5.92 Å². The number of carbonyl (C=O) groups is 2. The molecule has 0 aromatic rings. The van der Waals surface area contributed by atoms with Gasteiger partial charge in [0.1, 0.15) is 0 Å². The normalized spacial score (nSPS) is 22.8. The van der Waals surface area contributed by atoms with Gasteiger partial charge in [-0.25, -0.2) is 4.79 Å². The highest BCUT2D eigenvalue weighted by molar-refractivity contribution is 5.76. The van der Waals surface area contributed by atoms with E-state index in [0.717, 1.165) is 44.9 Å². The number of carboxylic acid groups (broad SMARTS) is 1. The van der Waals surface area contributed by atoms with Crippen molar-refractivity contribution in [1.82, 2.24) is 10.2 Å². The van der Waals surface area contributed by atoms with Gasteiger partial charge in [0.2, 0.25) is 0 Å². The van der Waals surface area contributed by atoms with E-state index in [-0.39, 0.29) is 24.6 Å². The molecule has 1 heterocycles. The van der Waals surface area contributed by atoms with Crippen molar-refractivity contribution in [2.45, 2.75) is 89.2 Å². The number of hydrogen-bond acceptors (Lipinski definition) is 3. The molecule has 2 fully saturated rings. The summed E-state index contributed by atoms with van der Waals surface area (Å²) >= 11 is 0. The van der Waals surface area contributed by atoms with Gasteiger partial charge in [0.15, 0.2) is 0 Å². The number of nitrogens with one attached hydrogen (secondary N) is 1. The zero-order valence-electron chi connectivity index (χ0n) is 15.3. The van der Waals surface area contributed by atoms with Gasteiger partial charge in [-0.05, 0) is 38.0 Å². The lowest BCUT2D eigenvalue weighted by Gasteiger charge is -2.29. The van der Waals surface area contributed by atoms with Gasteiger partial charge >= 0.3 is 12.0 Å². The van der Waals surface area contributed by atoms with Crippen LogP contribution in [0.5, 0.6) is 0 Å². The van der Waals surface area contributed by atoms with Gasteiger partial charge in [0.05, 0.1) is 12.1 Å². The van der Waals surface area contributed by atoms with Crippen molar-refractivity contribution in [2.75, 3.05) is 13.1 Å². The molecule has 25 heavy (non-hydrogen) atoms. The smallest absolute Gasteiger partial charge is 0.317 e. The number of unbranched alkanes of at least 4 members (excludes halogenated alkanes) is 3. The van der Waals surface area contributed by atoms with Crippen molar-refractivity contribution < 1.29 is 19.8 Å². The molecule has 6 heteroatoms. The molecule has 0 spiro atoms. The molecule has 3 N–H and O–H groups in total. The molecule has 1 saturated heterocycles. The Bertz CT molecular complexity index is 424. The molecule has 0 bridgehead atoms. The number of urea groups is 1. The largest absolute Gasteiger partial charge is 0.481 e. The van der Waals surface area contributed by atoms with Crippen molar-refractivity contribution in [3.8, 4) is 0 Å². The zero-order valence-corrected chi connectivity index (χ0v) is 15.3. The monoisotopic (exact) mass is 354 g/mol. The van der Waals surface area contributed by atoms with Gasteiger partial charge in [0, 0.05) is 19.5 Å². The third-order valence-electron chi connectivity index (χ3n) is 5.73. The number of carboxylic acids is 1. The molecule has 1 aliphatic heterocycles. The summed E-state index contributed by atoms with van der Waals surface area (Å²) in [6.07, 6.45) is 11.2. The van der Waals surface area contributed by atoms with E-state index in [1.165, 1.54) is 19.3 Å². The van der Waals surface area contributed by atoms with E-state index in [4.69, 9.17) is 5.11 Å². The maximum absolute atomic E-state index is 12.1. The Balaban J connectivity index is 1.65. The number of aliphatic hydroxyl groups excluding tert-OH is 1.